The zero-order chi connectivity index (χ0) is 14.2. The molecule has 1 aromatic heterocycles. The Morgan fingerprint density at radius 2 is 1.95 bits per heavy atom. The first-order valence-electron chi connectivity index (χ1n) is 5.74. The number of hydrogen-bond acceptors (Lipinski definition) is 1. The number of nitrogens with zero attached hydrogens (tertiary/aromatic N) is 2. The van der Waals surface area contributed by atoms with Crippen molar-refractivity contribution in [3.05, 3.63) is 40.1 Å². The van der Waals surface area contributed by atoms with E-state index in [4.69, 9.17) is 0 Å². The van der Waals surface area contributed by atoms with Crippen LogP contribution in [0.5, 0.6) is 0 Å². The molecule has 0 amide bonds. The van der Waals surface area contributed by atoms with Crippen LogP contribution in [-0.4, -0.2) is 9.78 Å². The first-order valence-corrected chi connectivity index (χ1v) is 6.53. The molecular weight excluding hydrogens is 321 g/mol. The third-order valence-electron chi connectivity index (χ3n) is 2.77. The molecule has 2 rings (SSSR count). The largest absolute Gasteiger partial charge is 0.435 e. The maximum Gasteiger partial charge on any atom is 0.435 e. The van der Waals surface area contributed by atoms with Crippen molar-refractivity contribution < 1.29 is 13.2 Å². The highest BCUT2D eigenvalue weighted by Crippen LogP contribution is 2.39. The van der Waals surface area contributed by atoms with Gasteiger partial charge in [0.2, 0.25) is 0 Å². The van der Waals surface area contributed by atoms with Gasteiger partial charge in [-0.05, 0) is 25.5 Å². The fourth-order valence-corrected chi connectivity index (χ4v) is 2.30. The van der Waals surface area contributed by atoms with Crippen LogP contribution in [0.4, 0.5) is 13.2 Å². The summed E-state index contributed by atoms with van der Waals surface area (Å²) in [7, 11) is 0. The SMILES string of the molecule is CCn1cc(-c2cc(C)ccc2Br)c(C(F)(F)F)n1. The molecule has 19 heavy (non-hydrogen) atoms. The number of benzene rings is 1. The minimum Gasteiger partial charge on any atom is -0.272 e. The van der Waals surface area contributed by atoms with Crippen LogP contribution >= 0.6 is 15.9 Å². The number of halogens is 4. The van der Waals surface area contributed by atoms with E-state index in [-0.39, 0.29) is 5.56 Å². The van der Waals surface area contributed by atoms with Crippen LogP contribution in [-0.2, 0) is 12.7 Å². The van der Waals surface area contributed by atoms with Gasteiger partial charge in [-0.15, -0.1) is 0 Å². The van der Waals surface area contributed by atoms with Crippen molar-refractivity contribution in [1.29, 1.82) is 0 Å². The van der Waals surface area contributed by atoms with E-state index in [1.807, 2.05) is 13.0 Å². The standard InChI is InChI=1S/C13H12BrF3N2/c1-3-19-7-10(12(18-19)13(15,16)17)9-6-8(2)4-5-11(9)14/h4-7H,3H2,1-2H3. The topological polar surface area (TPSA) is 17.8 Å². The first-order chi connectivity index (χ1) is 8.82. The summed E-state index contributed by atoms with van der Waals surface area (Å²) in [5.41, 5.74) is 0.660. The van der Waals surface area contributed by atoms with E-state index in [0.29, 0.717) is 16.6 Å². The maximum atomic E-state index is 13.0. The molecular formula is C13H12BrF3N2. The second kappa shape index (κ2) is 5.00. The Labute approximate surface area is 117 Å². The Morgan fingerprint density at radius 1 is 1.26 bits per heavy atom. The highest BCUT2D eigenvalue weighted by atomic mass is 79.9. The minimum absolute atomic E-state index is 0.102. The van der Waals surface area contributed by atoms with E-state index in [2.05, 4.69) is 21.0 Å². The molecule has 2 nitrogen and oxygen atoms in total. The number of alkyl halides is 3. The number of rotatable bonds is 2. The lowest BCUT2D eigenvalue weighted by atomic mass is 10.0. The highest BCUT2D eigenvalue weighted by Gasteiger charge is 2.37. The molecule has 0 aliphatic rings. The fraction of sp³-hybridized carbons (Fsp3) is 0.308. The summed E-state index contributed by atoms with van der Waals surface area (Å²) in [4.78, 5) is 0. The summed E-state index contributed by atoms with van der Waals surface area (Å²) in [5, 5.41) is 3.62. The first kappa shape index (κ1) is 14.1. The van der Waals surface area contributed by atoms with E-state index in [1.54, 1.807) is 19.1 Å². The van der Waals surface area contributed by atoms with Crippen LogP contribution in [0, 0.1) is 6.92 Å². The van der Waals surface area contributed by atoms with Crippen molar-refractivity contribution in [3.63, 3.8) is 0 Å². The Balaban J connectivity index is 2.67. The molecule has 0 spiro atoms. The lowest BCUT2D eigenvalue weighted by Gasteiger charge is -2.08. The van der Waals surface area contributed by atoms with E-state index in [0.717, 1.165) is 5.56 Å². The molecule has 0 fully saturated rings. The molecule has 102 valence electrons. The van der Waals surface area contributed by atoms with Crippen molar-refractivity contribution in [2.24, 2.45) is 0 Å². The lowest BCUT2D eigenvalue weighted by molar-refractivity contribution is -0.141. The summed E-state index contributed by atoms with van der Waals surface area (Å²) < 4.78 is 41.0. The van der Waals surface area contributed by atoms with E-state index >= 15 is 0 Å². The van der Waals surface area contributed by atoms with Crippen LogP contribution in [0.15, 0.2) is 28.9 Å². The Bertz CT molecular complexity index is 602. The molecule has 0 bridgehead atoms. The second-order valence-electron chi connectivity index (χ2n) is 4.23. The van der Waals surface area contributed by atoms with Crippen molar-refractivity contribution in [2.45, 2.75) is 26.6 Å². The molecule has 0 atom stereocenters. The van der Waals surface area contributed by atoms with Crippen molar-refractivity contribution >= 4 is 15.9 Å². The second-order valence-corrected chi connectivity index (χ2v) is 5.08. The third-order valence-corrected chi connectivity index (χ3v) is 3.46. The van der Waals surface area contributed by atoms with E-state index in [1.165, 1.54) is 10.9 Å². The van der Waals surface area contributed by atoms with E-state index in [9.17, 15) is 13.2 Å². The van der Waals surface area contributed by atoms with Gasteiger partial charge in [-0.2, -0.15) is 18.3 Å². The predicted octanol–water partition coefficient (Wildman–Crippen LogP) is 4.66. The predicted molar refractivity (Wildman–Crippen MR) is 70.8 cm³/mol. The summed E-state index contributed by atoms with van der Waals surface area (Å²) in [6, 6.07) is 5.30. The molecule has 0 N–H and O–H groups in total. The van der Waals surface area contributed by atoms with Crippen LogP contribution in [0.2, 0.25) is 0 Å². The molecule has 0 aliphatic carbocycles. The van der Waals surface area contributed by atoms with Gasteiger partial charge >= 0.3 is 6.18 Å². The Hall–Kier alpha value is -1.30. The molecule has 0 aliphatic heterocycles. The van der Waals surface area contributed by atoms with Gasteiger partial charge in [-0.3, -0.25) is 4.68 Å². The highest BCUT2D eigenvalue weighted by molar-refractivity contribution is 9.10. The maximum absolute atomic E-state index is 13.0. The van der Waals surface area contributed by atoms with Crippen molar-refractivity contribution in [1.82, 2.24) is 9.78 Å². The molecule has 1 aromatic carbocycles. The molecule has 1 heterocycles. The van der Waals surface area contributed by atoms with Gasteiger partial charge in [-0.25, -0.2) is 0 Å². The number of aromatic nitrogens is 2. The Morgan fingerprint density at radius 3 is 2.53 bits per heavy atom. The molecule has 0 radical (unpaired) electrons. The number of hydrogen-bond donors (Lipinski definition) is 0. The zero-order valence-corrected chi connectivity index (χ0v) is 12.0. The normalized spacial score (nSPS) is 11.9. The number of aryl methyl sites for hydroxylation is 2. The van der Waals surface area contributed by atoms with Gasteiger partial charge in [0.15, 0.2) is 5.69 Å². The molecule has 2 aromatic rings. The Kier molecular flexibility index (Phi) is 3.71. The fourth-order valence-electron chi connectivity index (χ4n) is 1.84. The molecule has 0 saturated heterocycles. The minimum atomic E-state index is -4.46. The third kappa shape index (κ3) is 2.83. The van der Waals surface area contributed by atoms with Crippen molar-refractivity contribution in [3.8, 4) is 11.1 Å². The average Bonchev–Trinajstić information content (AvgIpc) is 2.76. The van der Waals surface area contributed by atoms with Gasteiger partial charge in [0.05, 0.1) is 0 Å². The monoisotopic (exact) mass is 332 g/mol. The van der Waals surface area contributed by atoms with Crippen LogP contribution in [0.1, 0.15) is 18.2 Å². The van der Waals surface area contributed by atoms with Gasteiger partial charge in [0.1, 0.15) is 0 Å². The zero-order valence-electron chi connectivity index (χ0n) is 10.4. The average molecular weight is 333 g/mol. The van der Waals surface area contributed by atoms with Crippen LogP contribution in [0.25, 0.3) is 11.1 Å². The van der Waals surface area contributed by atoms with Crippen molar-refractivity contribution in [2.75, 3.05) is 0 Å². The summed E-state index contributed by atoms with van der Waals surface area (Å²) in [6.07, 6.45) is -3.03. The van der Waals surface area contributed by atoms with Crippen LogP contribution in [0.3, 0.4) is 0 Å². The molecule has 6 heteroatoms. The smallest absolute Gasteiger partial charge is 0.272 e. The van der Waals surface area contributed by atoms with Gasteiger partial charge in [0, 0.05) is 22.8 Å². The van der Waals surface area contributed by atoms with Crippen LogP contribution < -0.4 is 0 Å². The summed E-state index contributed by atoms with van der Waals surface area (Å²) in [6.45, 7) is 3.99. The molecule has 0 saturated carbocycles. The van der Waals surface area contributed by atoms with Gasteiger partial charge < -0.3 is 0 Å². The van der Waals surface area contributed by atoms with Gasteiger partial charge in [-0.1, -0.05) is 33.6 Å². The molecule has 0 unspecified atom stereocenters. The van der Waals surface area contributed by atoms with E-state index < -0.39 is 11.9 Å². The summed E-state index contributed by atoms with van der Waals surface area (Å²) >= 11 is 3.29. The summed E-state index contributed by atoms with van der Waals surface area (Å²) in [5.74, 6) is 0. The van der Waals surface area contributed by atoms with Gasteiger partial charge in [0.25, 0.3) is 0 Å². The quantitative estimate of drug-likeness (QED) is 0.782. The lowest BCUT2D eigenvalue weighted by Crippen LogP contribution is -2.08.